The van der Waals surface area contributed by atoms with Crippen LogP contribution in [0.5, 0.6) is 0 Å². The molecular weight excluding hydrogens is 379 g/mol. The van der Waals surface area contributed by atoms with Crippen LogP contribution in [-0.2, 0) is 4.74 Å². The molecule has 9 heteroatoms. The lowest BCUT2D eigenvalue weighted by Crippen LogP contribution is -2.41. The number of halogens is 1. The molecule has 2 aromatic rings. The van der Waals surface area contributed by atoms with Gasteiger partial charge in [-0.1, -0.05) is 5.16 Å². The number of benzene rings is 1. The second-order valence-electron chi connectivity index (χ2n) is 8.13. The fourth-order valence-electron chi connectivity index (χ4n) is 5.11. The topological polar surface area (TPSA) is 97.6 Å². The van der Waals surface area contributed by atoms with Crippen molar-refractivity contribution in [3.05, 3.63) is 47.0 Å². The number of rotatable bonds is 4. The summed E-state index contributed by atoms with van der Waals surface area (Å²) in [6.45, 7) is 3.22. The van der Waals surface area contributed by atoms with E-state index in [4.69, 9.17) is 4.74 Å². The van der Waals surface area contributed by atoms with Gasteiger partial charge in [0.25, 0.3) is 11.8 Å². The van der Waals surface area contributed by atoms with E-state index in [2.05, 4.69) is 20.3 Å². The standard InChI is InChI=1S/C20H21FN4O4/c1-11-17(24-29-23-11)19(27)25-9-15-14(16-6-7-20(15,10-25)28-16)8-22-18(26)12-2-4-13(21)5-3-12/h2-5,14-16H,6-10H2,1H3,(H,22,26)/t14-,15+,16+,20+/m0/s1. The molecular formula is C20H21FN4O4. The number of nitrogens with zero attached hydrogens (tertiary/aromatic N) is 3. The van der Waals surface area contributed by atoms with Crippen LogP contribution in [0.1, 0.15) is 39.4 Å². The van der Waals surface area contributed by atoms with Crippen molar-refractivity contribution in [1.29, 1.82) is 0 Å². The second-order valence-corrected chi connectivity index (χ2v) is 8.13. The van der Waals surface area contributed by atoms with E-state index in [9.17, 15) is 14.0 Å². The number of hydrogen-bond acceptors (Lipinski definition) is 6. The van der Waals surface area contributed by atoms with Crippen molar-refractivity contribution in [2.45, 2.75) is 31.5 Å². The summed E-state index contributed by atoms with van der Waals surface area (Å²) in [4.78, 5) is 27.0. The van der Waals surface area contributed by atoms with Crippen molar-refractivity contribution in [2.75, 3.05) is 19.6 Å². The van der Waals surface area contributed by atoms with Crippen LogP contribution < -0.4 is 5.32 Å². The Labute approximate surface area is 166 Å². The molecule has 4 atom stereocenters. The van der Waals surface area contributed by atoms with Crippen molar-refractivity contribution < 1.29 is 23.3 Å². The monoisotopic (exact) mass is 400 g/mol. The van der Waals surface area contributed by atoms with Crippen LogP contribution in [0.3, 0.4) is 0 Å². The van der Waals surface area contributed by atoms with E-state index < -0.39 is 0 Å². The van der Waals surface area contributed by atoms with Crippen LogP contribution in [0.4, 0.5) is 4.39 Å². The summed E-state index contributed by atoms with van der Waals surface area (Å²) < 4.78 is 24.1. The minimum absolute atomic E-state index is 0.0845. The fraction of sp³-hybridized carbons (Fsp3) is 0.500. The SMILES string of the molecule is Cc1nonc1C(=O)N1C[C@@H]2[C@H](CNC(=O)c3ccc(F)cc3)[C@H]3CC[C@]2(C1)O3. The zero-order chi connectivity index (χ0) is 20.2. The average molecular weight is 400 g/mol. The summed E-state index contributed by atoms with van der Waals surface area (Å²) in [6, 6.07) is 5.47. The van der Waals surface area contributed by atoms with Gasteiger partial charge in [-0.3, -0.25) is 9.59 Å². The molecule has 0 unspecified atom stereocenters. The van der Waals surface area contributed by atoms with E-state index in [1.807, 2.05) is 0 Å². The number of carbonyl (C=O) groups is 2. The first kappa shape index (κ1) is 18.2. The third-order valence-corrected chi connectivity index (χ3v) is 6.53. The lowest BCUT2D eigenvalue weighted by atomic mass is 9.73. The number of hydrogen-bond donors (Lipinski definition) is 1. The molecule has 0 saturated carbocycles. The molecule has 1 N–H and O–H groups in total. The Morgan fingerprint density at radius 1 is 1.31 bits per heavy atom. The van der Waals surface area contributed by atoms with Gasteiger partial charge in [-0.05, 0) is 49.2 Å². The van der Waals surface area contributed by atoms with E-state index in [-0.39, 0.29) is 46.9 Å². The van der Waals surface area contributed by atoms with Gasteiger partial charge in [0, 0.05) is 30.5 Å². The molecule has 3 aliphatic heterocycles. The molecule has 0 radical (unpaired) electrons. The predicted molar refractivity (Wildman–Crippen MR) is 97.5 cm³/mol. The molecule has 1 spiro atoms. The zero-order valence-corrected chi connectivity index (χ0v) is 15.9. The maximum Gasteiger partial charge on any atom is 0.278 e. The minimum atomic E-state index is -0.377. The Kier molecular flexibility index (Phi) is 4.16. The van der Waals surface area contributed by atoms with Crippen LogP contribution >= 0.6 is 0 Å². The first-order valence-electron chi connectivity index (χ1n) is 9.77. The van der Waals surface area contributed by atoms with E-state index in [1.165, 1.54) is 24.3 Å². The van der Waals surface area contributed by atoms with Gasteiger partial charge in [-0.15, -0.1) is 0 Å². The predicted octanol–water partition coefficient (Wildman–Crippen LogP) is 1.57. The lowest BCUT2D eigenvalue weighted by Gasteiger charge is -2.29. The molecule has 8 nitrogen and oxygen atoms in total. The molecule has 2 amide bonds. The molecule has 29 heavy (non-hydrogen) atoms. The van der Waals surface area contributed by atoms with Crippen molar-refractivity contribution in [3.63, 3.8) is 0 Å². The molecule has 5 rings (SSSR count). The van der Waals surface area contributed by atoms with Crippen LogP contribution in [0.25, 0.3) is 0 Å². The maximum atomic E-state index is 13.1. The smallest absolute Gasteiger partial charge is 0.278 e. The Balaban J connectivity index is 1.28. The van der Waals surface area contributed by atoms with E-state index >= 15 is 0 Å². The summed E-state index contributed by atoms with van der Waals surface area (Å²) in [5.41, 5.74) is 0.772. The van der Waals surface area contributed by atoms with Crippen molar-refractivity contribution >= 4 is 11.8 Å². The zero-order valence-electron chi connectivity index (χ0n) is 15.9. The number of carbonyl (C=O) groups excluding carboxylic acids is 2. The van der Waals surface area contributed by atoms with Gasteiger partial charge in [0.15, 0.2) is 5.69 Å². The second kappa shape index (κ2) is 6.62. The normalized spacial score (nSPS) is 29.9. The largest absolute Gasteiger partial charge is 0.369 e. The van der Waals surface area contributed by atoms with Crippen molar-refractivity contribution in [2.24, 2.45) is 11.8 Å². The first-order valence-corrected chi connectivity index (χ1v) is 9.77. The van der Waals surface area contributed by atoms with Crippen LogP contribution in [-0.4, -0.2) is 58.4 Å². The molecule has 2 bridgehead atoms. The molecule has 0 aliphatic carbocycles. The number of amides is 2. The molecule has 1 aromatic heterocycles. The van der Waals surface area contributed by atoms with Crippen LogP contribution in [0, 0.1) is 24.6 Å². The Hall–Kier alpha value is -2.81. The third-order valence-electron chi connectivity index (χ3n) is 6.53. The molecule has 1 aromatic carbocycles. The average Bonchev–Trinajstić information content (AvgIpc) is 3.46. The fourth-order valence-corrected chi connectivity index (χ4v) is 5.11. The Morgan fingerprint density at radius 2 is 2.10 bits per heavy atom. The molecule has 4 heterocycles. The van der Waals surface area contributed by atoms with E-state index in [0.29, 0.717) is 30.9 Å². The number of nitrogens with one attached hydrogen (secondary N) is 1. The number of ether oxygens (including phenoxy) is 1. The lowest BCUT2D eigenvalue weighted by molar-refractivity contribution is 0.00305. The molecule has 3 saturated heterocycles. The number of likely N-dealkylation sites (tertiary alicyclic amines) is 1. The molecule has 3 fully saturated rings. The molecule has 152 valence electrons. The minimum Gasteiger partial charge on any atom is -0.369 e. The number of aryl methyl sites for hydroxylation is 1. The van der Waals surface area contributed by atoms with E-state index in [1.54, 1.807) is 11.8 Å². The van der Waals surface area contributed by atoms with Gasteiger partial charge < -0.3 is 15.0 Å². The summed E-state index contributed by atoms with van der Waals surface area (Å²) in [5.74, 6) is -0.537. The Bertz CT molecular complexity index is 962. The van der Waals surface area contributed by atoms with Crippen molar-refractivity contribution in [3.8, 4) is 0 Å². The van der Waals surface area contributed by atoms with Gasteiger partial charge in [-0.25, -0.2) is 9.02 Å². The Morgan fingerprint density at radius 3 is 2.83 bits per heavy atom. The summed E-state index contributed by atoms with van der Waals surface area (Å²) >= 11 is 0. The van der Waals surface area contributed by atoms with Crippen LogP contribution in [0.15, 0.2) is 28.9 Å². The highest BCUT2D eigenvalue weighted by Gasteiger charge is 2.63. The van der Waals surface area contributed by atoms with Gasteiger partial charge in [-0.2, -0.15) is 0 Å². The van der Waals surface area contributed by atoms with Gasteiger partial charge in [0.2, 0.25) is 0 Å². The van der Waals surface area contributed by atoms with Crippen LogP contribution in [0.2, 0.25) is 0 Å². The number of aromatic nitrogens is 2. The highest BCUT2D eigenvalue weighted by molar-refractivity contribution is 5.94. The van der Waals surface area contributed by atoms with E-state index in [0.717, 1.165) is 12.8 Å². The first-order chi connectivity index (χ1) is 14.0. The summed E-state index contributed by atoms with van der Waals surface area (Å²) in [7, 11) is 0. The summed E-state index contributed by atoms with van der Waals surface area (Å²) in [6.07, 6.45) is 1.91. The molecule has 3 aliphatic rings. The quantitative estimate of drug-likeness (QED) is 0.837. The third kappa shape index (κ3) is 2.91. The van der Waals surface area contributed by atoms with Crippen molar-refractivity contribution in [1.82, 2.24) is 20.5 Å². The summed E-state index contributed by atoms with van der Waals surface area (Å²) in [5, 5.41) is 10.4. The maximum absolute atomic E-state index is 13.1. The van der Waals surface area contributed by atoms with Gasteiger partial charge >= 0.3 is 0 Å². The highest BCUT2D eigenvalue weighted by Crippen LogP contribution is 2.54. The number of fused-ring (bicyclic) bond motifs is 1. The van der Waals surface area contributed by atoms with Gasteiger partial charge in [0.05, 0.1) is 18.2 Å². The highest BCUT2D eigenvalue weighted by atomic mass is 19.1. The van der Waals surface area contributed by atoms with Gasteiger partial charge in [0.1, 0.15) is 11.5 Å².